The minimum atomic E-state index is -0.308. The lowest BCUT2D eigenvalue weighted by molar-refractivity contribution is 0.298. The van der Waals surface area contributed by atoms with Gasteiger partial charge in [-0.1, -0.05) is 83.4 Å². The van der Waals surface area contributed by atoms with Crippen molar-refractivity contribution in [1.82, 2.24) is 0 Å². The molecule has 0 radical (unpaired) electrons. The predicted molar refractivity (Wildman–Crippen MR) is 113 cm³/mol. The van der Waals surface area contributed by atoms with Crippen LogP contribution in [0.15, 0.2) is 75.9 Å². The van der Waals surface area contributed by atoms with E-state index in [1.807, 2.05) is 61.5 Å². The minimum absolute atomic E-state index is 0.138. The average molecular weight is 411 g/mol. The average Bonchev–Trinajstić information content (AvgIpc) is 2.69. The number of fused-ring (bicyclic) bond motifs is 1. The molecule has 0 N–H and O–H groups in total. The number of benzene rings is 3. The molecule has 0 aliphatic heterocycles. The Labute approximate surface area is 172 Å². The summed E-state index contributed by atoms with van der Waals surface area (Å²) in [6.07, 6.45) is 0. The van der Waals surface area contributed by atoms with E-state index in [0.717, 1.165) is 16.7 Å². The second-order valence-corrected chi connectivity index (χ2v) is 7.34. The number of rotatable bonds is 4. The van der Waals surface area contributed by atoms with Gasteiger partial charge >= 0.3 is 0 Å². The number of halogens is 2. The zero-order chi connectivity index (χ0) is 19.7. The first-order chi connectivity index (χ1) is 13.5. The molecule has 4 aromatic rings. The molecule has 0 unspecified atom stereocenters. The topological polar surface area (TPSA) is 39.4 Å². The second-order valence-electron chi connectivity index (χ2n) is 6.49. The fraction of sp³-hybridized carbons (Fsp3) is 0.0870. The summed E-state index contributed by atoms with van der Waals surface area (Å²) in [7, 11) is 0. The van der Waals surface area contributed by atoms with Gasteiger partial charge in [-0.15, -0.1) is 0 Å². The standard InChI is InChI=1S/C23H16Cl2O3/c1-14-7-9-16(10-8-14)21-23(27-13-15-5-3-2-4-6-15)20(26)18-11-17(24)12-19(25)22(18)28-21/h2-12H,13H2,1H3. The molecule has 1 aromatic heterocycles. The van der Waals surface area contributed by atoms with Gasteiger partial charge in [-0.2, -0.15) is 0 Å². The zero-order valence-corrected chi connectivity index (χ0v) is 16.6. The first-order valence-corrected chi connectivity index (χ1v) is 9.48. The molecule has 140 valence electrons. The van der Waals surface area contributed by atoms with Crippen LogP contribution in [0.3, 0.4) is 0 Å². The van der Waals surface area contributed by atoms with Crippen molar-refractivity contribution in [1.29, 1.82) is 0 Å². The van der Waals surface area contributed by atoms with E-state index in [-0.39, 0.29) is 28.2 Å². The van der Waals surface area contributed by atoms with Crippen LogP contribution in [0.2, 0.25) is 10.0 Å². The molecule has 0 spiro atoms. The Morgan fingerprint density at radius 2 is 1.68 bits per heavy atom. The summed E-state index contributed by atoms with van der Waals surface area (Å²) in [5.41, 5.74) is 2.76. The van der Waals surface area contributed by atoms with Crippen molar-refractivity contribution in [2.24, 2.45) is 0 Å². The normalized spacial score (nSPS) is 11.0. The van der Waals surface area contributed by atoms with Crippen molar-refractivity contribution in [2.45, 2.75) is 13.5 Å². The van der Waals surface area contributed by atoms with Crippen LogP contribution in [0.1, 0.15) is 11.1 Å². The van der Waals surface area contributed by atoms with E-state index in [1.54, 1.807) is 12.1 Å². The van der Waals surface area contributed by atoms with Crippen LogP contribution < -0.4 is 10.2 Å². The van der Waals surface area contributed by atoms with E-state index in [1.165, 1.54) is 0 Å². The molecule has 0 aliphatic rings. The van der Waals surface area contributed by atoms with Gasteiger partial charge in [-0.05, 0) is 24.6 Å². The Balaban J connectivity index is 1.91. The van der Waals surface area contributed by atoms with Crippen LogP contribution in [0.25, 0.3) is 22.3 Å². The smallest absolute Gasteiger partial charge is 0.235 e. The molecule has 28 heavy (non-hydrogen) atoms. The van der Waals surface area contributed by atoms with Crippen LogP contribution >= 0.6 is 23.2 Å². The Kier molecular flexibility index (Phi) is 5.12. The first-order valence-electron chi connectivity index (χ1n) is 8.72. The SMILES string of the molecule is Cc1ccc(-c2oc3c(Cl)cc(Cl)cc3c(=O)c2OCc2ccccc2)cc1. The maximum Gasteiger partial charge on any atom is 0.235 e. The molecule has 0 fully saturated rings. The number of hydrogen-bond acceptors (Lipinski definition) is 3. The lowest BCUT2D eigenvalue weighted by atomic mass is 10.1. The highest BCUT2D eigenvalue weighted by molar-refractivity contribution is 6.38. The molecule has 0 amide bonds. The summed E-state index contributed by atoms with van der Waals surface area (Å²) in [5.74, 6) is 0.483. The Bertz CT molecular complexity index is 1200. The summed E-state index contributed by atoms with van der Waals surface area (Å²) in [6.45, 7) is 2.23. The maximum absolute atomic E-state index is 13.2. The number of hydrogen-bond donors (Lipinski definition) is 0. The number of aryl methyl sites for hydroxylation is 1. The fourth-order valence-corrected chi connectivity index (χ4v) is 3.49. The van der Waals surface area contributed by atoms with Crippen LogP contribution in [-0.4, -0.2) is 0 Å². The van der Waals surface area contributed by atoms with E-state index in [2.05, 4.69) is 0 Å². The van der Waals surface area contributed by atoms with Gasteiger partial charge in [0.15, 0.2) is 11.3 Å². The highest BCUT2D eigenvalue weighted by Gasteiger charge is 2.20. The molecule has 0 saturated carbocycles. The van der Waals surface area contributed by atoms with Gasteiger partial charge in [-0.25, -0.2) is 0 Å². The van der Waals surface area contributed by atoms with Gasteiger partial charge in [0.05, 0.1) is 10.4 Å². The highest BCUT2D eigenvalue weighted by Crippen LogP contribution is 2.35. The van der Waals surface area contributed by atoms with Gasteiger partial charge < -0.3 is 9.15 Å². The van der Waals surface area contributed by atoms with Gasteiger partial charge in [0, 0.05) is 10.6 Å². The Hall–Kier alpha value is -2.75. The highest BCUT2D eigenvalue weighted by atomic mass is 35.5. The first kappa shape index (κ1) is 18.6. The quantitative estimate of drug-likeness (QED) is 0.377. The van der Waals surface area contributed by atoms with Crippen molar-refractivity contribution in [3.8, 4) is 17.1 Å². The van der Waals surface area contributed by atoms with Crippen molar-refractivity contribution in [3.63, 3.8) is 0 Å². The molecule has 0 bridgehead atoms. The third-order valence-corrected chi connectivity index (χ3v) is 4.91. The fourth-order valence-electron chi connectivity index (χ4n) is 2.96. The van der Waals surface area contributed by atoms with Crippen LogP contribution in [0.5, 0.6) is 5.75 Å². The van der Waals surface area contributed by atoms with Gasteiger partial charge in [0.25, 0.3) is 0 Å². The molecule has 0 aliphatic carbocycles. The lowest BCUT2D eigenvalue weighted by Gasteiger charge is -2.13. The van der Waals surface area contributed by atoms with E-state index < -0.39 is 0 Å². The van der Waals surface area contributed by atoms with Gasteiger partial charge in [0.1, 0.15) is 6.61 Å². The van der Waals surface area contributed by atoms with E-state index in [4.69, 9.17) is 32.4 Å². The maximum atomic E-state index is 13.2. The molecule has 0 saturated heterocycles. The van der Waals surface area contributed by atoms with Crippen LogP contribution in [0, 0.1) is 6.92 Å². The third-order valence-electron chi connectivity index (χ3n) is 4.41. The monoisotopic (exact) mass is 410 g/mol. The summed E-state index contributed by atoms with van der Waals surface area (Å²) >= 11 is 12.4. The largest absolute Gasteiger partial charge is 0.481 e. The molecular formula is C23H16Cl2O3. The molecule has 5 heteroatoms. The molecule has 1 heterocycles. The van der Waals surface area contributed by atoms with Crippen LogP contribution in [-0.2, 0) is 6.61 Å². The van der Waals surface area contributed by atoms with E-state index in [0.29, 0.717) is 16.4 Å². The van der Waals surface area contributed by atoms with Crippen molar-refractivity contribution in [3.05, 3.63) is 98.1 Å². The van der Waals surface area contributed by atoms with E-state index in [9.17, 15) is 4.79 Å². The van der Waals surface area contributed by atoms with Gasteiger partial charge in [0.2, 0.25) is 11.2 Å². The van der Waals surface area contributed by atoms with Crippen molar-refractivity contribution in [2.75, 3.05) is 0 Å². The van der Waals surface area contributed by atoms with Crippen LogP contribution in [0.4, 0.5) is 0 Å². The second kappa shape index (κ2) is 7.70. The molecule has 0 atom stereocenters. The lowest BCUT2D eigenvalue weighted by Crippen LogP contribution is -2.10. The predicted octanol–water partition coefficient (Wildman–Crippen LogP) is 6.65. The van der Waals surface area contributed by atoms with Gasteiger partial charge in [-0.3, -0.25) is 4.79 Å². The molecule has 3 nitrogen and oxygen atoms in total. The zero-order valence-electron chi connectivity index (χ0n) is 15.0. The Morgan fingerprint density at radius 1 is 0.964 bits per heavy atom. The summed E-state index contributed by atoms with van der Waals surface area (Å²) < 4.78 is 12.0. The Morgan fingerprint density at radius 3 is 2.39 bits per heavy atom. The molecule has 3 aromatic carbocycles. The van der Waals surface area contributed by atoms with E-state index >= 15 is 0 Å². The van der Waals surface area contributed by atoms with Crippen molar-refractivity contribution < 1.29 is 9.15 Å². The molecule has 4 rings (SSSR count). The summed E-state index contributed by atoms with van der Waals surface area (Å²) in [4.78, 5) is 13.2. The minimum Gasteiger partial charge on any atom is -0.481 e. The summed E-state index contributed by atoms with van der Waals surface area (Å²) in [6, 6.07) is 20.4. The van der Waals surface area contributed by atoms with Crippen molar-refractivity contribution >= 4 is 34.2 Å². The third kappa shape index (κ3) is 3.64. The number of ether oxygens (including phenoxy) is 1. The molecular weight excluding hydrogens is 395 g/mol. The summed E-state index contributed by atoms with van der Waals surface area (Å²) in [5, 5.41) is 0.931.